The molecule has 0 saturated heterocycles. The van der Waals surface area contributed by atoms with Crippen LogP contribution in [0.25, 0.3) is 11.0 Å². The van der Waals surface area contributed by atoms with E-state index in [2.05, 4.69) is 53.1 Å². The van der Waals surface area contributed by atoms with E-state index >= 15 is 0 Å². The average Bonchev–Trinajstić information content (AvgIpc) is 2.88. The van der Waals surface area contributed by atoms with E-state index in [4.69, 9.17) is 0 Å². The first-order valence-electron chi connectivity index (χ1n) is 7.85. The van der Waals surface area contributed by atoms with E-state index in [1.807, 2.05) is 6.33 Å². The standard InChI is InChI=1S/C17H25N3/c1-13-6-5-7-14(10-13)16(18-2)11-20-12-19-15-8-3-4-9-17(15)20/h3-4,8-9,12-14,16,18H,5-7,10-11H2,1-2H3. The van der Waals surface area contributed by atoms with Crippen molar-refractivity contribution in [3.8, 4) is 0 Å². The lowest BCUT2D eigenvalue weighted by Crippen LogP contribution is -2.39. The van der Waals surface area contributed by atoms with Crippen molar-refractivity contribution in [1.82, 2.24) is 14.9 Å². The van der Waals surface area contributed by atoms with Gasteiger partial charge in [0, 0.05) is 12.6 Å². The molecule has 20 heavy (non-hydrogen) atoms. The molecular formula is C17H25N3. The SMILES string of the molecule is CNC(Cn1cnc2ccccc21)C1CCCC(C)C1. The summed E-state index contributed by atoms with van der Waals surface area (Å²) in [7, 11) is 2.10. The third-order valence-electron chi connectivity index (χ3n) is 4.84. The minimum absolute atomic E-state index is 0.551. The molecule has 3 nitrogen and oxygen atoms in total. The number of hydrogen-bond donors (Lipinski definition) is 1. The van der Waals surface area contributed by atoms with Gasteiger partial charge in [-0.25, -0.2) is 4.98 Å². The Morgan fingerprint density at radius 3 is 3.00 bits per heavy atom. The fourth-order valence-electron chi connectivity index (χ4n) is 3.69. The van der Waals surface area contributed by atoms with E-state index in [9.17, 15) is 0 Å². The van der Waals surface area contributed by atoms with Crippen LogP contribution in [0.5, 0.6) is 0 Å². The van der Waals surface area contributed by atoms with Crippen LogP contribution in [0.4, 0.5) is 0 Å². The summed E-state index contributed by atoms with van der Waals surface area (Å²) >= 11 is 0. The minimum atomic E-state index is 0.551. The van der Waals surface area contributed by atoms with Gasteiger partial charge in [-0.1, -0.05) is 31.9 Å². The zero-order valence-corrected chi connectivity index (χ0v) is 12.5. The molecule has 2 aromatic rings. The topological polar surface area (TPSA) is 29.9 Å². The number of nitrogens with zero attached hydrogens (tertiary/aromatic N) is 2. The molecular weight excluding hydrogens is 246 g/mol. The zero-order chi connectivity index (χ0) is 13.9. The number of rotatable bonds is 4. The molecule has 1 N–H and O–H groups in total. The minimum Gasteiger partial charge on any atom is -0.329 e. The van der Waals surface area contributed by atoms with Crippen LogP contribution in [-0.2, 0) is 6.54 Å². The maximum absolute atomic E-state index is 4.50. The Hall–Kier alpha value is -1.35. The number of imidazole rings is 1. The Labute approximate surface area is 121 Å². The molecule has 3 rings (SSSR count). The molecule has 1 fully saturated rings. The van der Waals surface area contributed by atoms with Crippen molar-refractivity contribution in [2.75, 3.05) is 7.05 Å². The van der Waals surface area contributed by atoms with Gasteiger partial charge in [0.05, 0.1) is 17.4 Å². The zero-order valence-electron chi connectivity index (χ0n) is 12.5. The maximum Gasteiger partial charge on any atom is 0.0958 e. The first-order chi connectivity index (χ1) is 9.78. The number of aromatic nitrogens is 2. The van der Waals surface area contributed by atoms with Crippen molar-refractivity contribution in [3.05, 3.63) is 30.6 Å². The lowest BCUT2D eigenvalue weighted by Gasteiger charge is -2.33. The van der Waals surface area contributed by atoms with E-state index < -0.39 is 0 Å². The number of fused-ring (bicyclic) bond motifs is 1. The molecule has 0 amide bonds. The van der Waals surface area contributed by atoms with Crippen LogP contribution in [-0.4, -0.2) is 22.6 Å². The average molecular weight is 271 g/mol. The largest absolute Gasteiger partial charge is 0.329 e. The molecule has 1 aliphatic rings. The van der Waals surface area contributed by atoms with E-state index in [1.54, 1.807) is 0 Å². The number of para-hydroxylation sites is 2. The van der Waals surface area contributed by atoms with Gasteiger partial charge in [0.2, 0.25) is 0 Å². The summed E-state index contributed by atoms with van der Waals surface area (Å²) in [6, 6.07) is 8.95. The molecule has 0 aliphatic heterocycles. The molecule has 0 spiro atoms. The summed E-state index contributed by atoms with van der Waals surface area (Å²) in [4.78, 5) is 4.50. The Balaban J connectivity index is 1.77. The normalized spacial score (nSPS) is 24.9. The number of hydrogen-bond acceptors (Lipinski definition) is 2. The monoisotopic (exact) mass is 271 g/mol. The lowest BCUT2D eigenvalue weighted by molar-refractivity contribution is 0.215. The van der Waals surface area contributed by atoms with Crippen LogP contribution in [0.15, 0.2) is 30.6 Å². The van der Waals surface area contributed by atoms with E-state index in [0.29, 0.717) is 6.04 Å². The van der Waals surface area contributed by atoms with Crippen LogP contribution >= 0.6 is 0 Å². The second kappa shape index (κ2) is 5.96. The molecule has 1 heterocycles. The fraction of sp³-hybridized carbons (Fsp3) is 0.588. The van der Waals surface area contributed by atoms with Gasteiger partial charge in [0.1, 0.15) is 0 Å². The van der Waals surface area contributed by atoms with Gasteiger partial charge in [-0.3, -0.25) is 0 Å². The number of benzene rings is 1. The predicted molar refractivity (Wildman–Crippen MR) is 83.7 cm³/mol. The third-order valence-corrected chi connectivity index (χ3v) is 4.84. The summed E-state index contributed by atoms with van der Waals surface area (Å²) in [6.45, 7) is 3.42. The molecule has 0 radical (unpaired) electrons. The highest BCUT2D eigenvalue weighted by atomic mass is 15.1. The Morgan fingerprint density at radius 2 is 2.20 bits per heavy atom. The molecule has 1 aromatic carbocycles. The van der Waals surface area contributed by atoms with Gasteiger partial charge in [-0.2, -0.15) is 0 Å². The highest BCUT2D eigenvalue weighted by Gasteiger charge is 2.26. The van der Waals surface area contributed by atoms with Crippen LogP contribution in [0.2, 0.25) is 0 Å². The van der Waals surface area contributed by atoms with Crippen molar-refractivity contribution in [2.45, 2.75) is 45.2 Å². The first-order valence-corrected chi connectivity index (χ1v) is 7.85. The van der Waals surface area contributed by atoms with Crippen LogP contribution in [0.1, 0.15) is 32.6 Å². The van der Waals surface area contributed by atoms with Crippen molar-refractivity contribution in [2.24, 2.45) is 11.8 Å². The molecule has 0 bridgehead atoms. The molecule has 1 aliphatic carbocycles. The van der Waals surface area contributed by atoms with E-state index in [1.165, 1.54) is 31.2 Å². The maximum atomic E-state index is 4.50. The Bertz CT molecular complexity index is 560. The summed E-state index contributed by atoms with van der Waals surface area (Å²) in [5.74, 6) is 1.68. The van der Waals surface area contributed by atoms with Crippen LogP contribution < -0.4 is 5.32 Å². The van der Waals surface area contributed by atoms with E-state index in [0.717, 1.165) is 23.9 Å². The van der Waals surface area contributed by atoms with Gasteiger partial charge < -0.3 is 9.88 Å². The van der Waals surface area contributed by atoms with E-state index in [-0.39, 0.29) is 0 Å². The molecule has 1 aromatic heterocycles. The van der Waals surface area contributed by atoms with Crippen molar-refractivity contribution >= 4 is 11.0 Å². The summed E-state index contributed by atoms with van der Waals surface area (Å²) in [5, 5.41) is 3.55. The van der Waals surface area contributed by atoms with Crippen molar-refractivity contribution in [3.63, 3.8) is 0 Å². The fourth-order valence-corrected chi connectivity index (χ4v) is 3.69. The second-order valence-electron chi connectivity index (χ2n) is 6.31. The second-order valence-corrected chi connectivity index (χ2v) is 6.31. The number of likely N-dealkylation sites (N-methyl/N-ethyl adjacent to an activating group) is 1. The van der Waals surface area contributed by atoms with Gasteiger partial charge >= 0.3 is 0 Å². The molecule has 1 saturated carbocycles. The van der Waals surface area contributed by atoms with Crippen LogP contribution in [0.3, 0.4) is 0 Å². The molecule has 3 atom stereocenters. The molecule has 3 unspecified atom stereocenters. The smallest absolute Gasteiger partial charge is 0.0958 e. The first kappa shape index (κ1) is 13.6. The van der Waals surface area contributed by atoms with Gasteiger partial charge in [0.25, 0.3) is 0 Å². The summed E-state index contributed by atoms with van der Waals surface area (Å²) < 4.78 is 2.30. The Morgan fingerprint density at radius 1 is 1.35 bits per heavy atom. The third kappa shape index (κ3) is 2.73. The summed E-state index contributed by atoms with van der Waals surface area (Å²) in [5.41, 5.74) is 2.34. The van der Waals surface area contributed by atoms with Crippen molar-refractivity contribution in [1.29, 1.82) is 0 Å². The quantitative estimate of drug-likeness (QED) is 0.923. The van der Waals surface area contributed by atoms with Gasteiger partial charge in [-0.05, 0) is 43.9 Å². The van der Waals surface area contributed by atoms with Crippen molar-refractivity contribution < 1.29 is 0 Å². The Kier molecular flexibility index (Phi) is 4.06. The summed E-state index contributed by atoms with van der Waals surface area (Å²) in [6.07, 6.45) is 7.50. The highest BCUT2D eigenvalue weighted by Crippen LogP contribution is 2.31. The number of nitrogens with one attached hydrogen (secondary N) is 1. The lowest BCUT2D eigenvalue weighted by atomic mass is 9.78. The highest BCUT2D eigenvalue weighted by molar-refractivity contribution is 5.74. The van der Waals surface area contributed by atoms with Crippen LogP contribution in [0, 0.1) is 11.8 Å². The predicted octanol–water partition coefficient (Wildman–Crippen LogP) is 3.45. The molecule has 108 valence electrons. The molecule has 3 heteroatoms. The van der Waals surface area contributed by atoms with Gasteiger partial charge in [0.15, 0.2) is 0 Å². The van der Waals surface area contributed by atoms with Gasteiger partial charge in [-0.15, -0.1) is 0 Å².